The molecule has 0 saturated carbocycles. The summed E-state index contributed by atoms with van der Waals surface area (Å²) >= 11 is 0. The topological polar surface area (TPSA) is 26.0 Å². The maximum Gasteiger partial charge on any atom is 0.0554 e. The van der Waals surface area contributed by atoms with Crippen molar-refractivity contribution in [3.8, 4) is 0 Å². The molecule has 0 aromatic heterocycles. The van der Waals surface area contributed by atoms with Crippen molar-refractivity contribution in [2.24, 2.45) is 5.73 Å². The summed E-state index contributed by atoms with van der Waals surface area (Å²) in [5, 5.41) is 0. The third-order valence-electron chi connectivity index (χ3n) is 4.50. The van der Waals surface area contributed by atoms with Gasteiger partial charge in [0.1, 0.15) is 0 Å². The van der Waals surface area contributed by atoms with Crippen molar-refractivity contribution in [2.45, 2.75) is 45.1 Å². The Hall–Kier alpha value is -1.60. The number of hydrogen-bond donors (Lipinski definition) is 1. The SMILES string of the molecule is CCc1ccccc1C(N)c1ccc2c(c1)CCCC2. The zero-order valence-corrected chi connectivity index (χ0v) is 12.2. The maximum absolute atomic E-state index is 6.53. The van der Waals surface area contributed by atoms with Gasteiger partial charge in [-0.2, -0.15) is 0 Å². The summed E-state index contributed by atoms with van der Waals surface area (Å²) < 4.78 is 0. The van der Waals surface area contributed by atoms with Crippen LogP contribution in [0.2, 0.25) is 0 Å². The molecule has 20 heavy (non-hydrogen) atoms. The summed E-state index contributed by atoms with van der Waals surface area (Å²) in [6, 6.07) is 15.4. The van der Waals surface area contributed by atoms with E-state index in [0.717, 1.165) is 6.42 Å². The smallest absolute Gasteiger partial charge is 0.0554 e. The highest BCUT2D eigenvalue weighted by Crippen LogP contribution is 2.28. The van der Waals surface area contributed by atoms with Gasteiger partial charge in [0, 0.05) is 0 Å². The average Bonchev–Trinajstić information content (AvgIpc) is 2.53. The Labute approximate surface area is 121 Å². The van der Waals surface area contributed by atoms with Crippen molar-refractivity contribution in [1.29, 1.82) is 0 Å². The molecule has 0 saturated heterocycles. The number of aryl methyl sites for hydroxylation is 3. The van der Waals surface area contributed by atoms with Gasteiger partial charge in [-0.1, -0.05) is 49.4 Å². The van der Waals surface area contributed by atoms with Gasteiger partial charge < -0.3 is 5.73 Å². The fraction of sp³-hybridized carbons (Fsp3) is 0.368. The standard InChI is InChI=1S/C19H23N/c1-2-14-7-5-6-10-18(14)19(20)17-12-11-15-8-3-4-9-16(15)13-17/h5-7,10-13,19H,2-4,8-9,20H2,1H3. The molecule has 1 nitrogen and oxygen atoms in total. The van der Waals surface area contributed by atoms with Crippen LogP contribution in [-0.2, 0) is 19.3 Å². The van der Waals surface area contributed by atoms with Gasteiger partial charge in [-0.15, -0.1) is 0 Å². The molecule has 1 unspecified atom stereocenters. The zero-order chi connectivity index (χ0) is 13.9. The van der Waals surface area contributed by atoms with Crippen LogP contribution in [0, 0.1) is 0 Å². The molecule has 1 heteroatoms. The molecule has 0 radical (unpaired) electrons. The highest BCUT2D eigenvalue weighted by Gasteiger charge is 2.15. The first-order chi connectivity index (χ1) is 9.79. The Morgan fingerprint density at radius 3 is 2.55 bits per heavy atom. The first-order valence-electron chi connectivity index (χ1n) is 7.74. The Morgan fingerprint density at radius 2 is 1.75 bits per heavy atom. The number of benzene rings is 2. The van der Waals surface area contributed by atoms with E-state index in [1.807, 2.05) is 0 Å². The lowest BCUT2D eigenvalue weighted by Gasteiger charge is -2.21. The second-order valence-corrected chi connectivity index (χ2v) is 5.77. The molecule has 1 aliphatic rings. The number of nitrogens with two attached hydrogens (primary N) is 1. The van der Waals surface area contributed by atoms with Crippen LogP contribution in [0.4, 0.5) is 0 Å². The Morgan fingerprint density at radius 1 is 1.00 bits per heavy atom. The summed E-state index contributed by atoms with van der Waals surface area (Å²) in [6.45, 7) is 2.19. The minimum Gasteiger partial charge on any atom is -0.320 e. The van der Waals surface area contributed by atoms with Gasteiger partial charge in [0.2, 0.25) is 0 Å². The lowest BCUT2D eigenvalue weighted by molar-refractivity contribution is 0.682. The van der Waals surface area contributed by atoms with E-state index < -0.39 is 0 Å². The molecule has 0 aliphatic heterocycles. The average molecular weight is 265 g/mol. The lowest BCUT2D eigenvalue weighted by atomic mass is 9.87. The molecular formula is C19H23N. The molecule has 2 aromatic carbocycles. The van der Waals surface area contributed by atoms with E-state index in [0.29, 0.717) is 0 Å². The third kappa shape index (κ3) is 2.51. The Balaban J connectivity index is 1.96. The largest absolute Gasteiger partial charge is 0.320 e. The zero-order valence-electron chi connectivity index (χ0n) is 12.2. The Bertz CT molecular complexity index is 600. The van der Waals surface area contributed by atoms with Crippen LogP contribution in [-0.4, -0.2) is 0 Å². The lowest BCUT2D eigenvalue weighted by Crippen LogP contribution is -2.15. The van der Waals surface area contributed by atoms with Crippen LogP contribution >= 0.6 is 0 Å². The van der Waals surface area contributed by atoms with Crippen LogP contribution in [0.15, 0.2) is 42.5 Å². The van der Waals surface area contributed by atoms with Crippen LogP contribution in [0.1, 0.15) is 53.6 Å². The van der Waals surface area contributed by atoms with Gasteiger partial charge in [-0.25, -0.2) is 0 Å². The van der Waals surface area contributed by atoms with Crippen molar-refractivity contribution in [2.75, 3.05) is 0 Å². The first kappa shape index (κ1) is 13.4. The highest BCUT2D eigenvalue weighted by molar-refractivity contribution is 5.41. The molecule has 3 rings (SSSR count). The normalized spacial score (nSPS) is 15.7. The van der Waals surface area contributed by atoms with Gasteiger partial charge in [0.15, 0.2) is 0 Å². The third-order valence-corrected chi connectivity index (χ3v) is 4.50. The van der Waals surface area contributed by atoms with Crippen molar-refractivity contribution >= 4 is 0 Å². The predicted molar refractivity (Wildman–Crippen MR) is 84.9 cm³/mol. The maximum atomic E-state index is 6.53. The summed E-state index contributed by atoms with van der Waals surface area (Å²) in [6.07, 6.45) is 6.13. The number of hydrogen-bond acceptors (Lipinski definition) is 1. The minimum atomic E-state index is -0.00150. The van der Waals surface area contributed by atoms with Crippen LogP contribution in [0.25, 0.3) is 0 Å². The second kappa shape index (κ2) is 5.80. The van der Waals surface area contributed by atoms with E-state index in [9.17, 15) is 0 Å². The molecule has 0 spiro atoms. The first-order valence-corrected chi connectivity index (χ1v) is 7.74. The van der Waals surface area contributed by atoms with Gasteiger partial charge in [-0.05, 0) is 59.9 Å². The summed E-state index contributed by atoms with van der Waals surface area (Å²) in [4.78, 5) is 0. The number of fused-ring (bicyclic) bond motifs is 1. The van der Waals surface area contributed by atoms with Crippen LogP contribution in [0.5, 0.6) is 0 Å². The molecule has 1 atom stereocenters. The van der Waals surface area contributed by atoms with Crippen molar-refractivity contribution in [3.63, 3.8) is 0 Å². The van der Waals surface area contributed by atoms with Gasteiger partial charge >= 0.3 is 0 Å². The van der Waals surface area contributed by atoms with Gasteiger partial charge in [0.05, 0.1) is 6.04 Å². The van der Waals surface area contributed by atoms with Crippen LogP contribution < -0.4 is 5.73 Å². The van der Waals surface area contributed by atoms with E-state index in [2.05, 4.69) is 49.4 Å². The molecule has 0 bridgehead atoms. The molecule has 0 amide bonds. The van der Waals surface area contributed by atoms with E-state index in [4.69, 9.17) is 5.73 Å². The van der Waals surface area contributed by atoms with E-state index in [1.165, 1.54) is 53.5 Å². The summed E-state index contributed by atoms with van der Waals surface area (Å²) in [5.74, 6) is 0. The molecule has 0 heterocycles. The fourth-order valence-corrected chi connectivity index (χ4v) is 3.29. The van der Waals surface area contributed by atoms with Crippen molar-refractivity contribution < 1.29 is 0 Å². The van der Waals surface area contributed by atoms with Gasteiger partial charge in [0.25, 0.3) is 0 Å². The van der Waals surface area contributed by atoms with Crippen LogP contribution in [0.3, 0.4) is 0 Å². The monoisotopic (exact) mass is 265 g/mol. The minimum absolute atomic E-state index is 0.00150. The quantitative estimate of drug-likeness (QED) is 0.885. The highest BCUT2D eigenvalue weighted by atomic mass is 14.6. The molecule has 104 valence electrons. The van der Waals surface area contributed by atoms with Crippen molar-refractivity contribution in [3.05, 3.63) is 70.3 Å². The summed E-state index contributed by atoms with van der Waals surface area (Å²) in [7, 11) is 0. The predicted octanol–water partition coefficient (Wildman–Crippen LogP) is 4.18. The fourth-order valence-electron chi connectivity index (χ4n) is 3.29. The van der Waals surface area contributed by atoms with Crippen molar-refractivity contribution in [1.82, 2.24) is 0 Å². The summed E-state index contributed by atoms with van der Waals surface area (Å²) in [5.41, 5.74) is 13.4. The molecule has 0 fully saturated rings. The van der Waals surface area contributed by atoms with Gasteiger partial charge in [-0.3, -0.25) is 0 Å². The Kier molecular flexibility index (Phi) is 3.88. The second-order valence-electron chi connectivity index (χ2n) is 5.77. The molecule has 1 aliphatic carbocycles. The number of rotatable bonds is 3. The molecule has 2 N–H and O–H groups in total. The van der Waals surface area contributed by atoms with E-state index >= 15 is 0 Å². The van der Waals surface area contributed by atoms with E-state index in [1.54, 1.807) is 0 Å². The van der Waals surface area contributed by atoms with E-state index in [-0.39, 0.29) is 6.04 Å². The molecular weight excluding hydrogens is 242 g/mol. The molecule has 2 aromatic rings.